The fourth-order valence-electron chi connectivity index (χ4n) is 0.682. The van der Waals surface area contributed by atoms with Gasteiger partial charge in [-0.25, -0.2) is 4.79 Å². The van der Waals surface area contributed by atoms with E-state index in [0.29, 0.717) is 19.7 Å². The number of nitrogens with one attached hydrogen (secondary N) is 1. The molecule has 0 aliphatic carbocycles. The SMILES string of the molecule is CCCCOC(=O)NC/C=C/CN. The van der Waals surface area contributed by atoms with E-state index in [1.54, 1.807) is 12.2 Å². The Morgan fingerprint density at radius 1 is 1.54 bits per heavy atom. The zero-order valence-corrected chi connectivity index (χ0v) is 8.08. The second-order valence-corrected chi connectivity index (χ2v) is 2.58. The van der Waals surface area contributed by atoms with Gasteiger partial charge in [-0.3, -0.25) is 0 Å². The van der Waals surface area contributed by atoms with Gasteiger partial charge in [0.15, 0.2) is 0 Å². The van der Waals surface area contributed by atoms with E-state index in [9.17, 15) is 4.79 Å². The monoisotopic (exact) mass is 186 g/mol. The fraction of sp³-hybridized carbons (Fsp3) is 0.667. The molecular formula is C9H18N2O2. The number of unbranched alkanes of at least 4 members (excludes halogenated alkanes) is 1. The number of alkyl carbamates (subject to hydrolysis) is 1. The van der Waals surface area contributed by atoms with E-state index in [0.717, 1.165) is 12.8 Å². The van der Waals surface area contributed by atoms with Crippen LogP contribution in [0.2, 0.25) is 0 Å². The summed E-state index contributed by atoms with van der Waals surface area (Å²) in [6, 6.07) is 0. The van der Waals surface area contributed by atoms with E-state index in [4.69, 9.17) is 10.5 Å². The zero-order valence-electron chi connectivity index (χ0n) is 8.08. The molecule has 0 heterocycles. The predicted molar refractivity (Wildman–Crippen MR) is 52.5 cm³/mol. The minimum absolute atomic E-state index is 0.366. The van der Waals surface area contributed by atoms with Crippen molar-refractivity contribution in [1.82, 2.24) is 5.32 Å². The summed E-state index contributed by atoms with van der Waals surface area (Å²) < 4.78 is 4.85. The third kappa shape index (κ3) is 8.88. The Kier molecular flexibility index (Phi) is 8.34. The van der Waals surface area contributed by atoms with Gasteiger partial charge in [0, 0.05) is 13.1 Å². The van der Waals surface area contributed by atoms with Crippen LogP contribution >= 0.6 is 0 Å². The lowest BCUT2D eigenvalue weighted by atomic mass is 10.4. The van der Waals surface area contributed by atoms with Crippen LogP contribution < -0.4 is 11.1 Å². The smallest absolute Gasteiger partial charge is 0.407 e. The van der Waals surface area contributed by atoms with Crippen molar-refractivity contribution >= 4 is 6.09 Å². The molecule has 0 bridgehead atoms. The topological polar surface area (TPSA) is 64.3 Å². The number of rotatable bonds is 6. The van der Waals surface area contributed by atoms with Crippen molar-refractivity contribution in [3.05, 3.63) is 12.2 Å². The summed E-state index contributed by atoms with van der Waals surface area (Å²) in [6.07, 6.45) is 5.15. The highest BCUT2D eigenvalue weighted by molar-refractivity contribution is 5.67. The summed E-state index contributed by atoms with van der Waals surface area (Å²) in [5, 5.41) is 2.57. The van der Waals surface area contributed by atoms with E-state index in [1.807, 2.05) is 6.92 Å². The molecule has 0 unspecified atom stereocenters. The van der Waals surface area contributed by atoms with Crippen LogP contribution in [-0.4, -0.2) is 25.8 Å². The number of amides is 1. The van der Waals surface area contributed by atoms with E-state index < -0.39 is 0 Å². The van der Waals surface area contributed by atoms with Crippen molar-refractivity contribution in [2.24, 2.45) is 5.73 Å². The lowest BCUT2D eigenvalue weighted by Gasteiger charge is -2.03. The normalized spacial score (nSPS) is 10.3. The Balaban J connectivity index is 3.25. The van der Waals surface area contributed by atoms with Gasteiger partial charge in [0.1, 0.15) is 0 Å². The van der Waals surface area contributed by atoms with Crippen molar-refractivity contribution in [3.8, 4) is 0 Å². The van der Waals surface area contributed by atoms with E-state index >= 15 is 0 Å². The fourth-order valence-corrected chi connectivity index (χ4v) is 0.682. The number of ether oxygens (including phenoxy) is 1. The first-order chi connectivity index (χ1) is 6.31. The summed E-state index contributed by atoms with van der Waals surface area (Å²) >= 11 is 0. The lowest BCUT2D eigenvalue weighted by Crippen LogP contribution is -2.24. The molecule has 0 saturated heterocycles. The van der Waals surface area contributed by atoms with Gasteiger partial charge < -0.3 is 15.8 Å². The molecule has 76 valence electrons. The molecule has 4 heteroatoms. The molecule has 0 radical (unpaired) electrons. The molecule has 3 N–H and O–H groups in total. The molecule has 0 aromatic carbocycles. The van der Waals surface area contributed by atoms with Crippen molar-refractivity contribution in [3.63, 3.8) is 0 Å². The van der Waals surface area contributed by atoms with Crippen LogP contribution in [0.5, 0.6) is 0 Å². The summed E-state index contributed by atoms with van der Waals surface area (Å²) in [5.74, 6) is 0. The van der Waals surface area contributed by atoms with Gasteiger partial charge in [-0.15, -0.1) is 0 Å². The first-order valence-corrected chi connectivity index (χ1v) is 4.57. The Morgan fingerprint density at radius 2 is 2.31 bits per heavy atom. The average molecular weight is 186 g/mol. The molecule has 0 rings (SSSR count). The maximum Gasteiger partial charge on any atom is 0.407 e. The Morgan fingerprint density at radius 3 is 2.92 bits per heavy atom. The molecule has 0 aliphatic heterocycles. The second kappa shape index (κ2) is 9.06. The minimum atomic E-state index is -0.366. The summed E-state index contributed by atoms with van der Waals surface area (Å²) in [6.45, 7) is 3.50. The van der Waals surface area contributed by atoms with E-state index in [1.165, 1.54) is 0 Å². The lowest BCUT2D eigenvalue weighted by molar-refractivity contribution is 0.145. The number of hydrogen-bond acceptors (Lipinski definition) is 3. The van der Waals surface area contributed by atoms with Gasteiger partial charge in [0.2, 0.25) is 0 Å². The molecular weight excluding hydrogens is 168 g/mol. The van der Waals surface area contributed by atoms with Gasteiger partial charge in [-0.2, -0.15) is 0 Å². The van der Waals surface area contributed by atoms with Gasteiger partial charge >= 0.3 is 6.09 Å². The Hall–Kier alpha value is -1.03. The van der Waals surface area contributed by atoms with Gasteiger partial charge in [-0.1, -0.05) is 25.5 Å². The average Bonchev–Trinajstić information content (AvgIpc) is 2.13. The van der Waals surface area contributed by atoms with Gasteiger partial charge in [0.05, 0.1) is 6.61 Å². The van der Waals surface area contributed by atoms with Crippen molar-refractivity contribution in [1.29, 1.82) is 0 Å². The van der Waals surface area contributed by atoms with Crippen LogP contribution in [-0.2, 0) is 4.74 Å². The van der Waals surface area contributed by atoms with Gasteiger partial charge in [0.25, 0.3) is 0 Å². The van der Waals surface area contributed by atoms with Crippen LogP contribution in [0.3, 0.4) is 0 Å². The summed E-state index contributed by atoms with van der Waals surface area (Å²) in [4.78, 5) is 10.9. The van der Waals surface area contributed by atoms with Crippen LogP contribution in [0.15, 0.2) is 12.2 Å². The maximum absolute atomic E-state index is 10.9. The van der Waals surface area contributed by atoms with Crippen molar-refractivity contribution < 1.29 is 9.53 Å². The van der Waals surface area contributed by atoms with Crippen LogP contribution in [0, 0.1) is 0 Å². The molecule has 0 saturated carbocycles. The Labute approximate surface area is 79.1 Å². The standard InChI is InChI=1S/C9H18N2O2/c1-2-3-8-13-9(12)11-7-5-4-6-10/h4-5H,2-3,6-8,10H2,1H3,(H,11,12)/b5-4+. The molecule has 13 heavy (non-hydrogen) atoms. The minimum Gasteiger partial charge on any atom is -0.450 e. The first-order valence-electron chi connectivity index (χ1n) is 4.57. The van der Waals surface area contributed by atoms with Gasteiger partial charge in [-0.05, 0) is 6.42 Å². The molecule has 4 nitrogen and oxygen atoms in total. The number of hydrogen-bond donors (Lipinski definition) is 2. The molecule has 0 aromatic heterocycles. The summed E-state index contributed by atoms with van der Waals surface area (Å²) in [5.41, 5.74) is 5.21. The Bertz CT molecular complexity index is 158. The third-order valence-electron chi connectivity index (χ3n) is 1.40. The van der Waals surface area contributed by atoms with Crippen molar-refractivity contribution in [2.75, 3.05) is 19.7 Å². The molecule has 0 fully saturated rings. The number of carbonyl (C=O) groups excluding carboxylic acids is 1. The predicted octanol–water partition coefficient (Wildman–Crippen LogP) is 1.03. The van der Waals surface area contributed by atoms with Crippen LogP contribution in [0.25, 0.3) is 0 Å². The zero-order chi connectivity index (χ0) is 9.94. The third-order valence-corrected chi connectivity index (χ3v) is 1.40. The van der Waals surface area contributed by atoms with Crippen molar-refractivity contribution in [2.45, 2.75) is 19.8 Å². The molecule has 0 spiro atoms. The molecule has 1 amide bonds. The van der Waals surface area contributed by atoms with E-state index in [-0.39, 0.29) is 6.09 Å². The number of carbonyl (C=O) groups is 1. The highest BCUT2D eigenvalue weighted by Gasteiger charge is 1.96. The maximum atomic E-state index is 10.9. The quantitative estimate of drug-likeness (QED) is 0.481. The molecule has 0 aromatic rings. The molecule has 0 aliphatic rings. The largest absolute Gasteiger partial charge is 0.450 e. The highest BCUT2D eigenvalue weighted by atomic mass is 16.5. The summed E-state index contributed by atoms with van der Waals surface area (Å²) in [7, 11) is 0. The first kappa shape index (κ1) is 12.0. The van der Waals surface area contributed by atoms with Crippen LogP contribution in [0.4, 0.5) is 4.79 Å². The van der Waals surface area contributed by atoms with E-state index in [2.05, 4.69) is 5.32 Å². The number of nitrogens with two attached hydrogens (primary N) is 1. The second-order valence-electron chi connectivity index (χ2n) is 2.58. The molecule has 0 atom stereocenters. The highest BCUT2D eigenvalue weighted by Crippen LogP contribution is 1.87. The van der Waals surface area contributed by atoms with Crippen LogP contribution in [0.1, 0.15) is 19.8 Å².